The Morgan fingerprint density at radius 3 is 2.60 bits per heavy atom. The number of hydrogen-bond acceptors (Lipinski definition) is 6. The molecule has 0 aliphatic heterocycles. The average Bonchev–Trinajstić information content (AvgIpc) is 3.57. The maximum atomic E-state index is 14.2. The molecule has 0 N–H and O–H groups in total. The van der Waals surface area contributed by atoms with Crippen molar-refractivity contribution in [2.75, 3.05) is 0 Å². The van der Waals surface area contributed by atoms with Crippen LogP contribution in [0.25, 0.3) is 11.8 Å². The molecule has 2 aliphatic rings. The second-order valence-corrected chi connectivity index (χ2v) is 12.9. The highest BCUT2D eigenvalue weighted by molar-refractivity contribution is 7.92. The zero-order valence-corrected chi connectivity index (χ0v) is 22.8. The van der Waals surface area contributed by atoms with E-state index in [9.17, 15) is 22.0 Å². The molecule has 0 radical (unpaired) electrons. The summed E-state index contributed by atoms with van der Waals surface area (Å²) >= 11 is 0. The third kappa shape index (κ3) is 4.28. The van der Waals surface area contributed by atoms with Crippen molar-refractivity contribution in [3.63, 3.8) is 0 Å². The molecule has 3 heterocycles. The van der Waals surface area contributed by atoms with Crippen LogP contribution in [0.2, 0.25) is 0 Å². The molecule has 40 heavy (non-hydrogen) atoms. The van der Waals surface area contributed by atoms with Crippen LogP contribution >= 0.6 is 0 Å². The fraction of sp³-hybridized carbons (Fsp3) is 0.310. The number of imidazole rings is 1. The Morgan fingerprint density at radius 2 is 1.90 bits per heavy atom. The monoisotopic (exact) mass is 563 g/mol. The minimum atomic E-state index is -3.72. The normalized spacial score (nSPS) is 21.3. The summed E-state index contributed by atoms with van der Waals surface area (Å²) in [5.41, 5.74) is 1.87. The van der Waals surface area contributed by atoms with Gasteiger partial charge in [-0.05, 0) is 68.5 Å². The minimum absolute atomic E-state index is 0.00395. The van der Waals surface area contributed by atoms with Crippen LogP contribution in [0, 0.1) is 23.0 Å². The van der Waals surface area contributed by atoms with E-state index in [1.165, 1.54) is 41.5 Å². The topological polar surface area (TPSA) is 99.7 Å². The molecule has 0 bridgehead atoms. The predicted octanol–water partition coefficient (Wildman–Crippen LogP) is 4.75. The molecular formula is C29H27F2N5O3S. The van der Waals surface area contributed by atoms with Crippen molar-refractivity contribution in [2.45, 2.75) is 42.8 Å². The molecule has 1 aromatic carbocycles. The van der Waals surface area contributed by atoms with Crippen LogP contribution in [-0.2, 0) is 23.3 Å². The van der Waals surface area contributed by atoms with Crippen molar-refractivity contribution < 1.29 is 22.0 Å². The summed E-state index contributed by atoms with van der Waals surface area (Å²) < 4.78 is 58.1. The van der Waals surface area contributed by atoms with Crippen molar-refractivity contribution >= 4 is 21.7 Å². The highest BCUT2D eigenvalue weighted by atomic mass is 32.2. The number of ketones is 1. The summed E-state index contributed by atoms with van der Waals surface area (Å²) in [6.07, 6.45) is 9.15. The zero-order chi connectivity index (χ0) is 28.2. The number of aromatic nitrogens is 5. The molecular weight excluding hydrogens is 536 g/mol. The first-order valence-electron chi connectivity index (χ1n) is 13.0. The van der Waals surface area contributed by atoms with Crippen LogP contribution < -0.4 is 0 Å². The lowest BCUT2D eigenvalue weighted by atomic mass is 9.59. The molecule has 0 amide bonds. The van der Waals surface area contributed by atoms with E-state index < -0.39 is 26.3 Å². The molecule has 2 aliphatic carbocycles. The molecule has 1 fully saturated rings. The van der Waals surface area contributed by atoms with Gasteiger partial charge in [0.2, 0.25) is 0 Å². The van der Waals surface area contributed by atoms with Gasteiger partial charge in [0, 0.05) is 37.6 Å². The van der Waals surface area contributed by atoms with Gasteiger partial charge in [-0.2, -0.15) is 5.10 Å². The third-order valence-electron chi connectivity index (χ3n) is 8.33. The minimum Gasteiger partial charge on any atom is -0.299 e. The number of carbonyl (C=O) groups excluding carboxylic acids is 1. The van der Waals surface area contributed by atoms with Crippen LogP contribution in [0.3, 0.4) is 0 Å². The lowest BCUT2D eigenvalue weighted by Gasteiger charge is -2.45. The first-order chi connectivity index (χ1) is 19.1. The number of nitrogens with zero attached hydrogens (tertiary/aromatic N) is 5. The molecule has 3 atom stereocenters. The number of hydrogen-bond donors (Lipinski definition) is 0. The number of allylic oxidation sites excluding steroid dienone is 1. The Morgan fingerprint density at radius 1 is 1.12 bits per heavy atom. The van der Waals surface area contributed by atoms with E-state index in [1.807, 2.05) is 10.6 Å². The molecule has 0 saturated heterocycles. The average molecular weight is 564 g/mol. The van der Waals surface area contributed by atoms with Crippen molar-refractivity contribution in [1.29, 1.82) is 0 Å². The molecule has 3 aromatic heterocycles. The Balaban J connectivity index is 1.43. The molecule has 4 aromatic rings. The Kier molecular flexibility index (Phi) is 6.29. The van der Waals surface area contributed by atoms with Gasteiger partial charge in [-0.1, -0.05) is 5.57 Å². The Hall–Kier alpha value is -3.99. The van der Waals surface area contributed by atoms with Crippen molar-refractivity contribution in [3.05, 3.63) is 95.6 Å². The summed E-state index contributed by atoms with van der Waals surface area (Å²) in [6, 6.07) is 8.36. The highest BCUT2D eigenvalue weighted by Crippen LogP contribution is 2.53. The van der Waals surface area contributed by atoms with Crippen LogP contribution in [0.5, 0.6) is 0 Å². The van der Waals surface area contributed by atoms with E-state index in [0.717, 1.165) is 23.0 Å². The number of fused-ring (bicyclic) bond motifs is 2. The third-order valence-corrected chi connectivity index (χ3v) is 10.6. The largest absolute Gasteiger partial charge is 0.299 e. The number of pyridine rings is 1. The van der Waals surface area contributed by atoms with Gasteiger partial charge in [-0.3, -0.25) is 19.0 Å². The van der Waals surface area contributed by atoms with E-state index >= 15 is 0 Å². The molecule has 206 valence electrons. The van der Waals surface area contributed by atoms with Gasteiger partial charge >= 0.3 is 0 Å². The maximum Gasteiger partial charge on any atom is 0.191 e. The second-order valence-electron chi connectivity index (χ2n) is 10.6. The summed E-state index contributed by atoms with van der Waals surface area (Å²) in [5, 5.41) is 3.25. The number of aryl methyl sites for hydroxylation is 1. The molecule has 1 unspecified atom stereocenters. The van der Waals surface area contributed by atoms with Gasteiger partial charge in [-0.25, -0.2) is 22.2 Å². The van der Waals surface area contributed by atoms with Gasteiger partial charge in [0.15, 0.2) is 15.6 Å². The van der Waals surface area contributed by atoms with Crippen LogP contribution in [-0.4, -0.2) is 43.8 Å². The standard InChI is InChI=1S/C29H27F2N5O3S/c1-18(40(38,39)24-15-34-35(2)16-24)19-3-4-20-11-27-26(33-17-36(27)23-7-5-21(30)6-8-23)14-29(20,13-19)28(37)25-12-22(31)9-10-32-25/h5-12,15-19H,3-4,13-14H2,1-2H3/t18?,19-,29+/m0/s1. The number of rotatable bonds is 6. The van der Waals surface area contributed by atoms with Crippen LogP contribution in [0.1, 0.15) is 48.1 Å². The van der Waals surface area contributed by atoms with E-state index in [4.69, 9.17) is 0 Å². The molecule has 6 rings (SSSR count). The van der Waals surface area contributed by atoms with E-state index in [-0.39, 0.29) is 40.9 Å². The fourth-order valence-corrected chi connectivity index (χ4v) is 7.77. The Labute approximate surface area is 230 Å². The van der Waals surface area contributed by atoms with Gasteiger partial charge in [0.05, 0.1) is 34.6 Å². The summed E-state index contributed by atoms with van der Waals surface area (Å²) in [5.74, 6) is -1.62. The smallest absolute Gasteiger partial charge is 0.191 e. The molecule has 11 heteroatoms. The number of carbonyl (C=O) groups is 1. The number of halogens is 2. The van der Waals surface area contributed by atoms with Gasteiger partial charge in [0.1, 0.15) is 22.2 Å². The first-order valence-corrected chi connectivity index (χ1v) is 14.6. The molecule has 0 spiro atoms. The number of benzene rings is 1. The van der Waals surface area contributed by atoms with Gasteiger partial charge in [-0.15, -0.1) is 0 Å². The van der Waals surface area contributed by atoms with Crippen molar-refractivity contribution in [2.24, 2.45) is 18.4 Å². The second kappa shape index (κ2) is 9.58. The van der Waals surface area contributed by atoms with Crippen LogP contribution in [0.4, 0.5) is 8.78 Å². The van der Waals surface area contributed by atoms with E-state index in [1.54, 1.807) is 32.4 Å². The maximum absolute atomic E-state index is 14.2. The summed E-state index contributed by atoms with van der Waals surface area (Å²) in [4.78, 5) is 23.1. The fourth-order valence-electron chi connectivity index (χ4n) is 6.11. The Bertz CT molecular complexity index is 1760. The van der Waals surface area contributed by atoms with E-state index in [0.29, 0.717) is 18.5 Å². The van der Waals surface area contributed by atoms with E-state index in [2.05, 4.69) is 15.1 Å². The molecule has 8 nitrogen and oxygen atoms in total. The van der Waals surface area contributed by atoms with Crippen LogP contribution in [0.15, 0.2) is 71.8 Å². The zero-order valence-electron chi connectivity index (χ0n) is 22.0. The lowest BCUT2D eigenvalue weighted by molar-refractivity contribution is 0.0751. The van der Waals surface area contributed by atoms with Crippen molar-refractivity contribution in [3.8, 4) is 5.69 Å². The SMILES string of the molecule is CC([C@H]1CCC2=Cc3c(ncn3-c3ccc(F)cc3)C[C@]2(C(=O)c2cc(F)ccn2)C1)S(=O)(=O)c1cnn(C)c1. The quantitative estimate of drug-likeness (QED) is 0.314. The predicted molar refractivity (Wildman–Crippen MR) is 143 cm³/mol. The molecule has 1 saturated carbocycles. The first kappa shape index (κ1) is 26.2. The van der Waals surface area contributed by atoms with Gasteiger partial charge < -0.3 is 0 Å². The highest BCUT2D eigenvalue weighted by Gasteiger charge is 2.51. The number of sulfone groups is 1. The summed E-state index contributed by atoms with van der Waals surface area (Å²) in [7, 11) is -2.06. The number of Topliss-reactive ketones (excluding diaryl/α,β-unsaturated/α-hetero) is 1. The lowest BCUT2D eigenvalue weighted by Crippen LogP contribution is -2.45. The summed E-state index contributed by atoms with van der Waals surface area (Å²) in [6.45, 7) is 1.68. The van der Waals surface area contributed by atoms with Crippen molar-refractivity contribution in [1.82, 2.24) is 24.3 Å². The van der Waals surface area contributed by atoms with Gasteiger partial charge in [0.25, 0.3) is 0 Å².